The number of pyridine rings is 7. The van der Waals surface area contributed by atoms with Crippen molar-refractivity contribution in [3.63, 3.8) is 0 Å². The average molecular weight is 1020 g/mol. The molecule has 0 saturated heterocycles. The number of nitrogens with one attached hydrogen (secondary N) is 3. The fraction of sp³-hybridized carbons (Fsp3) is 0. The first-order valence-electron chi connectivity index (χ1n) is 24.0. The van der Waals surface area contributed by atoms with Gasteiger partial charge in [-0.2, -0.15) is 10.2 Å². The summed E-state index contributed by atoms with van der Waals surface area (Å²) in [5.41, 5.74) is 16.2. The molecule has 14 rings (SSSR count). The van der Waals surface area contributed by atoms with E-state index in [1.165, 1.54) is 11.3 Å². The maximum absolute atomic E-state index is 5.73. The van der Waals surface area contributed by atoms with E-state index in [0.717, 1.165) is 39.1 Å². The van der Waals surface area contributed by atoms with Crippen LogP contribution in [0.3, 0.4) is 0 Å². The van der Waals surface area contributed by atoms with Crippen molar-refractivity contribution in [1.82, 2.24) is 90.6 Å². The third-order valence-electron chi connectivity index (χ3n) is 12.9. The molecule has 0 unspecified atom stereocenters. The van der Waals surface area contributed by atoms with Crippen LogP contribution in [0.1, 0.15) is 0 Å². The normalized spacial score (nSPS) is 11.4. The van der Waals surface area contributed by atoms with E-state index in [0.29, 0.717) is 107 Å². The molecule has 0 radical (unpaired) electrons. The van der Waals surface area contributed by atoms with Gasteiger partial charge in [-0.25, -0.2) is 9.97 Å². The van der Waals surface area contributed by atoms with E-state index in [-0.39, 0.29) is 0 Å². The van der Waals surface area contributed by atoms with E-state index in [1.807, 2.05) is 115 Å². The number of hydrogen-bond acceptors (Lipinski definition) is 17. The lowest BCUT2D eigenvalue weighted by Crippen LogP contribution is -2.03. The van der Waals surface area contributed by atoms with Crippen LogP contribution in [0.2, 0.25) is 0 Å². The Kier molecular flexibility index (Phi) is 11.1. The number of fused-ring (bicyclic) bond motifs is 1. The predicted molar refractivity (Wildman–Crippen MR) is 289 cm³/mol. The molecule has 77 heavy (non-hydrogen) atoms. The topological polar surface area (TPSA) is 254 Å². The Hall–Kier alpha value is -11.0. The van der Waals surface area contributed by atoms with Crippen LogP contribution in [-0.4, -0.2) is 90.6 Å². The lowest BCUT2D eigenvalue weighted by atomic mass is 9.90. The van der Waals surface area contributed by atoms with Crippen molar-refractivity contribution < 1.29 is 4.52 Å². The summed E-state index contributed by atoms with van der Waals surface area (Å²) < 4.78 is 5.73. The smallest absolute Gasteiger partial charge is 0.188 e. The maximum atomic E-state index is 5.73. The summed E-state index contributed by atoms with van der Waals surface area (Å²) in [5.74, 6) is 0.560. The van der Waals surface area contributed by atoms with Crippen LogP contribution in [0.25, 0.3) is 146 Å². The van der Waals surface area contributed by atoms with Gasteiger partial charge in [-0.05, 0) is 78.9 Å². The first-order chi connectivity index (χ1) is 38.2. The van der Waals surface area contributed by atoms with E-state index in [4.69, 9.17) is 49.5 Å². The zero-order valence-electron chi connectivity index (χ0n) is 39.9. The van der Waals surface area contributed by atoms with Crippen molar-refractivity contribution in [2.45, 2.75) is 0 Å². The van der Waals surface area contributed by atoms with Crippen LogP contribution >= 0.6 is 11.3 Å². The van der Waals surface area contributed by atoms with Gasteiger partial charge in [-0.1, -0.05) is 18.2 Å². The van der Waals surface area contributed by atoms with Gasteiger partial charge in [0.1, 0.15) is 39.1 Å². The molecule has 13 heterocycles. The first kappa shape index (κ1) is 44.7. The number of aromatic nitrogens is 18. The van der Waals surface area contributed by atoms with Crippen molar-refractivity contribution in [2.75, 3.05) is 0 Å². The molecule has 20 heteroatoms. The molecule has 0 saturated carbocycles. The SMILES string of the molecule is c1ccc(-c2c[nH]nc2-c2c[nH]nc2-c2cccnc2-c2csc(-c3ccc4onnc4c3-c3cccnc3-c3cccnc3-c3cccnc3-c3ncc(-c4cnccn4)c(-c4ccccn4)c3-c3ncc[nH]3)n2)nc1. The summed E-state index contributed by atoms with van der Waals surface area (Å²) in [7, 11) is 0. The lowest BCUT2D eigenvalue weighted by Gasteiger charge is -2.19. The Balaban J connectivity index is 0.900. The molecule has 19 nitrogen and oxygen atoms in total. The minimum atomic E-state index is 0.489. The molecule has 0 aliphatic heterocycles. The number of hydrogen-bond donors (Lipinski definition) is 3. The summed E-state index contributed by atoms with van der Waals surface area (Å²) in [6.45, 7) is 0. The average Bonchev–Trinajstić information content (AvgIpc) is 4.39. The second kappa shape index (κ2) is 19.1. The third kappa shape index (κ3) is 7.88. The molecule has 13 aromatic heterocycles. The fourth-order valence-corrected chi connectivity index (χ4v) is 10.5. The maximum Gasteiger partial charge on any atom is 0.188 e. The Bertz CT molecular complexity index is 4420. The largest absolute Gasteiger partial charge is 0.345 e. The number of thiazole rings is 1. The highest BCUT2D eigenvalue weighted by Gasteiger charge is 2.29. The molecule has 0 bridgehead atoms. The molecule has 0 spiro atoms. The van der Waals surface area contributed by atoms with Crippen LogP contribution in [0.5, 0.6) is 0 Å². The Labute approximate surface area is 439 Å². The summed E-state index contributed by atoms with van der Waals surface area (Å²) in [6.07, 6.45) is 24.4. The number of nitrogens with zero attached hydrogens (tertiary/aromatic N) is 15. The number of benzene rings is 1. The van der Waals surface area contributed by atoms with Gasteiger partial charge in [-0.3, -0.25) is 55.1 Å². The Morgan fingerprint density at radius 1 is 0.403 bits per heavy atom. The van der Waals surface area contributed by atoms with Gasteiger partial charge in [0, 0.05) is 147 Å². The number of rotatable bonds is 12. The molecule has 14 aromatic rings. The van der Waals surface area contributed by atoms with Crippen LogP contribution in [0.15, 0.2) is 194 Å². The zero-order chi connectivity index (χ0) is 51.1. The standard InChI is InChI=1S/C57H34N18OS/c1-3-17-59-40(13-1)38-28-69-73-51(38)39-29-70-72-50(39)36-12-8-21-64-52(36)43-31-77-57(71-43)33-15-16-44-54(74-75-76-44)45(33)32-9-5-19-62-48(32)34-10-6-20-63-49(34)35-11-7-22-65-53(35)55-47(56-66-25-26-67-56)46(41-14-2-4-18-60-41)37(27-68-55)42-30-58-23-24-61-42/h1-31H,(H,66,67)(H,69,73)(H,70,72). The molecule has 0 aliphatic rings. The Morgan fingerprint density at radius 2 is 1.06 bits per heavy atom. The van der Waals surface area contributed by atoms with Crippen LogP contribution in [0.4, 0.5) is 0 Å². The third-order valence-corrected chi connectivity index (χ3v) is 13.8. The van der Waals surface area contributed by atoms with Crippen molar-refractivity contribution in [2.24, 2.45) is 0 Å². The molecule has 0 amide bonds. The minimum absolute atomic E-state index is 0.489. The Morgan fingerprint density at radius 3 is 1.79 bits per heavy atom. The van der Waals surface area contributed by atoms with E-state index in [9.17, 15) is 0 Å². The van der Waals surface area contributed by atoms with Gasteiger partial charge in [-0.15, -0.1) is 16.4 Å². The fourth-order valence-electron chi connectivity index (χ4n) is 9.65. The number of H-pyrrole nitrogens is 3. The number of imidazole rings is 1. The van der Waals surface area contributed by atoms with Crippen molar-refractivity contribution in [1.29, 1.82) is 0 Å². The lowest BCUT2D eigenvalue weighted by molar-refractivity contribution is 0.424. The predicted octanol–water partition coefficient (Wildman–Crippen LogP) is 11.4. The van der Waals surface area contributed by atoms with Crippen molar-refractivity contribution in [3.8, 4) is 135 Å². The molecule has 0 atom stereocenters. The van der Waals surface area contributed by atoms with Gasteiger partial charge >= 0.3 is 0 Å². The highest BCUT2D eigenvalue weighted by atomic mass is 32.1. The summed E-state index contributed by atoms with van der Waals surface area (Å²) >= 11 is 1.47. The van der Waals surface area contributed by atoms with Gasteiger partial charge in [0.25, 0.3) is 0 Å². The van der Waals surface area contributed by atoms with Crippen LogP contribution < -0.4 is 0 Å². The molecule has 0 aliphatic carbocycles. The second-order valence-corrected chi connectivity index (χ2v) is 18.1. The quantitative estimate of drug-likeness (QED) is 0.103. The molecular weight excluding hydrogens is 985 g/mol. The van der Waals surface area contributed by atoms with Crippen LogP contribution in [0, 0.1) is 0 Å². The van der Waals surface area contributed by atoms with Crippen molar-refractivity contribution in [3.05, 3.63) is 189 Å². The first-order valence-corrected chi connectivity index (χ1v) is 24.9. The van der Waals surface area contributed by atoms with Gasteiger partial charge in [0.05, 0.1) is 51.6 Å². The zero-order valence-corrected chi connectivity index (χ0v) is 40.7. The van der Waals surface area contributed by atoms with E-state index >= 15 is 0 Å². The van der Waals surface area contributed by atoms with E-state index in [1.54, 1.807) is 74.4 Å². The highest BCUT2D eigenvalue weighted by molar-refractivity contribution is 7.13. The van der Waals surface area contributed by atoms with Gasteiger partial charge < -0.3 is 9.51 Å². The molecular formula is C57H34N18OS. The van der Waals surface area contributed by atoms with Gasteiger partial charge in [0.15, 0.2) is 5.58 Å². The monoisotopic (exact) mass is 1020 g/mol. The van der Waals surface area contributed by atoms with E-state index < -0.39 is 0 Å². The molecule has 1 aromatic carbocycles. The van der Waals surface area contributed by atoms with Crippen LogP contribution in [-0.2, 0) is 0 Å². The van der Waals surface area contributed by atoms with Gasteiger partial charge in [0.2, 0.25) is 0 Å². The molecule has 0 fully saturated rings. The summed E-state index contributed by atoms with van der Waals surface area (Å²) in [4.78, 5) is 57.1. The summed E-state index contributed by atoms with van der Waals surface area (Å²) in [5, 5.41) is 26.7. The number of aromatic amines is 3. The minimum Gasteiger partial charge on any atom is -0.345 e. The highest BCUT2D eigenvalue weighted by Crippen LogP contribution is 2.48. The molecule has 3 N–H and O–H groups in total. The van der Waals surface area contributed by atoms with Crippen molar-refractivity contribution >= 4 is 22.4 Å². The second-order valence-electron chi connectivity index (χ2n) is 17.3. The molecule has 364 valence electrons. The summed E-state index contributed by atoms with van der Waals surface area (Å²) in [6, 6.07) is 30.9. The van der Waals surface area contributed by atoms with E-state index in [2.05, 4.69) is 45.6 Å².